The van der Waals surface area contributed by atoms with Crippen LogP contribution in [0.3, 0.4) is 0 Å². The Morgan fingerprint density at radius 1 is 0.930 bits per heavy atom. The second kappa shape index (κ2) is 10.8. The van der Waals surface area contributed by atoms with Crippen molar-refractivity contribution in [1.29, 1.82) is 0 Å². The van der Waals surface area contributed by atoms with Crippen molar-refractivity contribution in [3.63, 3.8) is 0 Å². The highest BCUT2D eigenvalue weighted by molar-refractivity contribution is 5.91. The molecule has 0 radical (unpaired) electrons. The summed E-state index contributed by atoms with van der Waals surface area (Å²) >= 11 is 0. The standard InChI is InChI=1S/C35H34N8/c36-34-33-32(26-10-9-25-11-12-30(39-31(25)22-26)24-6-2-1-3-7-24)40-35(43(33)15-14-38-34)27-20-29(21-27)42-18-16-41(17-19-42)23-28-8-4-5-13-37-28/h1-4,6-15,22,27,29,37H,16-21,23H2,(H2,36,38). The molecule has 8 heteroatoms. The number of anilines is 1. The van der Waals surface area contributed by atoms with Crippen LogP contribution in [0.4, 0.5) is 5.82 Å². The van der Waals surface area contributed by atoms with Crippen molar-refractivity contribution in [2.24, 2.45) is 0 Å². The van der Waals surface area contributed by atoms with Crippen LogP contribution in [0, 0.1) is 0 Å². The first-order valence-corrected chi connectivity index (χ1v) is 15.1. The maximum atomic E-state index is 6.49. The third-order valence-corrected chi connectivity index (χ3v) is 9.16. The number of hydrogen-bond donors (Lipinski definition) is 2. The molecule has 1 aliphatic carbocycles. The monoisotopic (exact) mass is 566 g/mol. The number of nitrogen functional groups attached to an aromatic ring is 1. The van der Waals surface area contributed by atoms with Crippen molar-refractivity contribution in [2.45, 2.75) is 24.8 Å². The number of benzene rings is 2. The molecule has 0 spiro atoms. The van der Waals surface area contributed by atoms with E-state index in [4.69, 9.17) is 15.7 Å². The Bertz CT molecular complexity index is 1900. The molecule has 5 aromatic rings. The molecule has 3 aromatic heterocycles. The molecule has 1 saturated carbocycles. The predicted octanol–water partition coefficient (Wildman–Crippen LogP) is 5.21. The molecule has 2 aromatic carbocycles. The number of nitrogens with zero attached hydrogens (tertiary/aromatic N) is 6. The first-order chi connectivity index (χ1) is 21.2. The summed E-state index contributed by atoms with van der Waals surface area (Å²) < 4.78 is 2.17. The van der Waals surface area contributed by atoms with Crippen LogP contribution in [0.5, 0.6) is 0 Å². The van der Waals surface area contributed by atoms with Crippen molar-refractivity contribution in [3.8, 4) is 22.5 Å². The molecule has 214 valence electrons. The first kappa shape index (κ1) is 25.9. The highest BCUT2D eigenvalue weighted by atomic mass is 15.3. The van der Waals surface area contributed by atoms with Gasteiger partial charge in [0.05, 0.1) is 11.2 Å². The Morgan fingerprint density at radius 3 is 2.58 bits per heavy atom. The SMILES string of the molecule is Nc1nccn2c(C3CC(N4CCN(CC5=CC=C=CN5)CC4)C3)nc(-c3ccc4ccc(-c5ccccc5)nc4c3)c12. The number of rotatable bonds is 6. The molecule has 2 fully saturated rings. The van der Waals surface area contributed by atoms with Crippen LogP contribution in [0.15, 0.2) is 103 Å². The van der Waals surface area contributed by atoms with Gasteiger partial charge in [-0.3, -0.25) is 14.2 Å². The molecular formula is C35H34N8. The number of pyridine rings is 1. The summed E-state index contributed by atoms with van der Waals surface area (Å²) in [7, 11) is 0. The third kappa shape index (κ3) is 4.89. The molecule has 43 heavy (non-hydrogen) atoms. The number of allylic oxidation sites excluding steroid dienone is 2. The van der Waals surface area contributed by atoms with Crippen LogP contribution < -0.4 is 11.1 Å². The van der Waals surface area contributed by atoms with Crippen molar-refractivity contribution in [3.05, 3.63) is 109 Å². The van der Waals surface area contributed by atoms with E-state index < -0.39 is 0 Å². The molecule has 5 heterocycles. The lowest BCUT2D eigenvalue weighted by Gasteiger charge is -2.46. The van der Waals surface area contributed by atoms with Gasteiger partial charge >= 0.3 is 0 Å². The number of aromatic nitrogens is 4. The zero-order chi connectivity index (χ0) is 28.8. The van der Waals surface area contributed by atoms with Crippen LogP contribution in [-0.2, 0) is 0 Å². The Hall–Kier alpha value is -4.75. The van der Waals surface area contributed by atoms with Crippen molar-refractivity contribution in [2.75, 3.05) is 38.5 Å². The molecule has 3 aliphatic rings. The van der Waals surface area contributed by atoms with Crippen LogP contribution >= 0.6 is 0 Å². The molecule has 3 N–H and O–H groups in total. The van der Waals surface area contributed by atoms with E-state index in [0.717, 1.165) is 90.3 Å². The fraction of sp³-hybridized carbons (Fsp3) is 0.257. The smallest absolute Gasteiger partial charge is 0.150 e. The van der Waals surface area contributed by atoms with E-state index in [-0.39, 0.29) is 0 Å². The van der Waals surface area contributed by atoms with Crippen molar-refractivity contribution in [1.82, 2.24) is 34.5 Å². The van der Waals surface area contributed by atoms with E-state index in [1.165, 1.54) is 5.70 Å². The molecule has 0 bridgehead atoms. The minimum absolute atomic E-state index is 0.393. The normalized spacial score (nSPS) is 20.7. The number of nitrogens with one attached hydrogen (secondary N) is 1. The minimum Gasteiger partial charge on any atom is -0.382 e. The number of piperazine rings is 1. The summed E-state index contributed by atoms with van der Waals surface area (Å²) in [5.41, 5.74) is 16.6. The number of fused-ring (bicyclic) bond motifs is 2. The number of nitrogens with two attached hydrogens (primary N) is 1. The fourth-order valence-corrected chi connectivity index (χ4v) is 6.71. The quantitative estimate of drug-likeness (QED) is 0.273. The van der Waals surface area contributed by atoms with Gasteiger partial charge in [-0.15, -0.1) is 5.73 Å². The van der Waals surface area contributed by atoms with E-state index in [9.17, 15) is 0 Å². The lowest BCUT2D eigenvalue weighted by atomic mass is 9.78. The van der Waals surface area contributed by atoms with Gasteiger partial charge in [0.15, 0.2) is 0 Å². The first-order valence-electron chi connectivity index (χ1n) is 15.1. The van der Waals surface area contributed by atoms with Crippen LogP contribution in [0.25, 0.3) is 38.9 Å². The molecule has 8 nitrogen and oxygen atoms in total. The third-order valence-electron chi connectivity index (χ3n) is 9.16. The summed E-state index contributed by atoms with van der Waals surface area (Å²) in [5, 5.41) is 4.41. The van der Waals surface area contributed by atoms with Gasteiger partial charge in [0, 0.05) is 85.5 Å². The zero-order valence-electron chi connectivity index (χ0n) is 24.0. The van der Waals surface area contributed by atoms with Gasteiger partial charge in [-0.1, -0.05) is 48.5 Å². The molecule has 0 atom stereocenters. The molecule has 8 rings (SSSR count). The highest BCUT2D eigenvalue weighted by Gasteiger charge is 2.38. The highest BCUT2D eigenvalue weighted by Crippen LogP contribution is 2.42. The van der Waals surface area contributed by atoms with Gasteiger partial charge in [0.2, 0.25) is 0 Å². The average molecular weight is 567 g/mol. The van der Waals surface area contributed by atoms with Gasteiger partial charge in [-0.25, -0.2) is 15.0 Å². The fourth-order valence-electron chi connectivity index (χ4n) is 6.71. The Balaban J connectivity index is 1.02. The van der Waals surface area contributed by atoms with Gasteiger partial charge in [-0.2, -0.15) is 0 Å². The molecule has 0 amide bonds. The topological polar surface area (TPSA) is 87.6 Å². The molecular weight excluding hydrogens is 532 g/mol. The van der Waals surface area contributed by atoms with Gasteiger partial charge in [0.25, 0.3) is 0 Å². The van der Waals surface area contributed by atoms with Crippen LogP contribution in [0.2, 0.25) is 0 Å². The van der Waals surface area contributed by atoms with Gasteiger partial charge in [-0.05, 0) is 37.1 Å². The van der Waals surface area contributed by atoms with Gasteiger partial charge < -0.3 is 11.1 Å². The van der Waals surface area contributed by atoms with Crippen molar-refractivity contribution < 1.29 is 0 Å². The van der Waals surface area contributed by atoms with E-state index in [0.29, 0.717) is 17.8 Å². The minimum atomic E-state index is 0.393. The average Bonchev–Trinajstić information content (AvgIpc) is 3.42. The van der Waals surface area contributed by atoms with Gasteiger partial charge in [0.1, 0.15) is 22.9 Å². The number of hydrogen-bond acceptors (Lipinski definition) is 7. The maximum absolute atomic E-state index is 6.49. The summed E-state index contributed by atoms with van der Waals surface area (Å²) in [6.45, 7) is 5.36. The molecule has 0 unspecified atom stereocenters. The lowest BCUT2D eigenvalue weighted by molar-refractivity contribution is 0.0527. The van der Waals surface area contributed by atoms with E-state index in [1.54, 1.807) is 6.20 Å². The van der Waals surface area contributed by atoms with Crippen molar-refractivity contribution >= 4 is 22.2 Å². The number of imidazole rings is 1. The summed E-state index contributed by atoms with van der Waals surface area (Å²) in [5.74, 6) is 1.98. The van der Waals surface area contributed by atoms with E-state index in [2.05, 4.69) is 78.8 Å². The maximum Gasteiger partial charge on any atom is 0.150 e. The second-order valence-electron chi connectivity index (χ2n) is 11.8. The Morgan fingerprint density at radius 2 is 1.77 bits per heavy atom. The summed E-state index contributed by atoms with van der Waals surface area (Å²) in [6, 6.07) is 21.5. The van der Waals surface area contributed by atoms with Crippen LogP contribution in [0.1, 0.15) is 24.6 Å². The zero-order valence-corrected chi connectivity index (χ0v) is 24.0. The second-order valence-corrected chi connectivity index (χ2v) is 11.8. The Labute approximate surface area is 250 Å². The van der Waals surface area contributed by atoms with Crippen LogP contribution in [-0.4, -0.2) is 67.9 Å². The van der Waals surface area contributed by atoms with E-state index in [1.807, 2.05) is 36.7 Å². The Kier molecular flexibility index (Phi) is 6.52. The predicted molar refractivity (Wildman–Crippen MR) is 171 cm³/mol. The summed E-state index contributed by atoms with van der Waals surface area (Å²) in [4.78, 5) is 19.9. The largest absolute Gasteiger partial charge is 0.382 e. The molecule has 2 aliphatic heterocycles. The van der Waals surface area contributed by atoms with E-state index >= 15 is 0 Å². The lowest BCUT2D eigenvalue weighted by Crippen LogP contribution is -2.54. The molecule has 1 saturated heterocycles. The summed E-state index contributed by atoms with van der Waals surface area (Å²) in [6.07, 6.45) is 12.0.